The summed E-state index contributed by atoms with van der Waals surface area (Å²) in [4.78, 5) is 29.2. The van der Waals surface area contributed by atoms with E-state index in [9.17, 15) is 9.59 Å². The number of piperidine rings is 1. The molecular weight excluding hydrogens is 292 g/mol. The van der Waals surface area contributed by atoms with Crippen molar-refractivity contribution in [2.75, 3.05) is 6.54 Å². The molecule has 4 rings (SSSR count). The highest BCUT2D eigenvalue weighted by Crippen LogP contribution is 2.54. The molecule has 2 saturated heterocycles. The number of aromatic nitrogens is 2. The first-order valence-corrected chi connectivity index (χ1v) is 8.40. The van der Waals surface area contributed by atoms with Crippen LogP contribution in [0.3, 0.4) is 0 Å². The molecule has 6 heteroatoms. The third kappa shape index (κ3) is 2.00. The van der Waals surface area contributed by atoms with Gasteiger partial charge in [0.25, 0.3) is 5.91 Å². The summed E-state index contributed by atoms with van der Waals surface area (Å²) in [7, 11) is 0. The van der Waals surface area contributed by atoms with Crippen molar-refractivity contribution >= 4 is 11.8 Å². The van der Waals surface area contributed by atoms with Crippen molar-refractivity contribution in [1.29, 1.82) is 0 Å². The Hall–Kier alpha value is -1.98. The molecule has 3 aliphatic rings. The summed E-state index contributed by atoms with van der Waals surface area (Å²) in [6.45, 7) is 4.55. The van der Waals surface area contributed by atoms with Crippen LogP contribution in [0.4, 0.5) is 0 Å². The van der Waals surface area contributed by atoms with E-state index in [4.69, 9.17) is 0 Å². The van der Waals surface area contributed by atoms with Crippen LogP contribution in [0, 0.1) is 5.41 Å². The average Bonchev–Trinajstić information content (AvgIpc) is 2.84. The molecule has 2 bridgehead atoms. The van der Waals surface area contributed by atoms with Gasteiger partial charge in [0.15, 0.2) is 5.69 Å². The number of nitrogens with zero attached hydrogens (tertiary/aromatic N) is 4. The van der Waals surface area contributed by atoms with Crippen LogP contribution >= 0.6 is 0 Å². The maximum absolute atomic E-state index is 13.0. The maximum atomic E-state index is 13.0. The predicted molar refractivity (Wildman–Crippen MR) is 83.5 cm³/mol. The number of fused-ring (bicyclic) bond motifs is 1. The molecule has 0 N–H and O–H groups in total. The predicted octanol–water partition coefficient (Wildman–Crippen LogP) is 1.48. The van der Waals surface area contributed by atoms with Crippen molar-refractivity contribution < 1.29 is 9.59 Å². The average molecular weight is 314 g/mol. The van der Waals surface area contributed by atoms with Crippen molar-refractivity contribution in [3.8, 4) is 0 Å². The van der Waals surface area contributed by atoms with Gasteiger partial charge in [-0.2, -0.15) is 5.10 Å². The van der Waals surface area contributed by atoms with Crippen LogP contribution in [0.1, 0.15) is 50.0 Å². The monoisotopic (exact) mass is 314 g/mol. The normalized spacial score (nSPS) is 35.3. The van der Waals surface area contributed by atoms with Crippen molar-refractivity contribution in [1.82, 2.24) is 20.0 Å². The van der Waals surface area contributed by atoms with E-state index in [0.29, 0.717) is 12.2 Å². The molecule has 122 valence electrons. The lowest BCUT2D eigenvalue weighted by Crippen LogP contribution is -2.57. The summed E-state index contributed by atoms with van der Waals surface area (Å²) in [6, 6.07) is 4.02. The van der Waals surface area contributed by atoms with Gasteiger partial charge in [0, 0.05) is 37.2 Å². The van der Waals surface area contributed by atoms with Crippen LogP contribution in [0.25, 0.3) is 0 Å². The lowest BCUT2D eigenvalue weighted by Gasteiger charge is -2.49. The van der Waals surface area contributed by atoms with E-state index in [0.717, 1.165) is 25.7 Å². The summed E-state index contributed by atoms with van der Waals surface area (Å²) in [5.74, 6) is 0.0863. The largest absolute Gasteiger partial charge is 0.337 e. The molecule has 2 amide bonds. The molecule has 4 atom stereocenters. The minimum absolute atomic E-state index is 0.00467. The second-order valence-electron chi connectivity index (χ2n) is 7.32. The fourth-order valence-electron chi connectivity index (χ4n) is 5.20. The molecule has 6 nitrogen and oxygen atoms in total. The fourth-order valence-corrected chi connectivity index (χ4v) is 5.20. The third-order valence-electron chi connectivity index (χ3n) is 6.10. The third-order valence-corrected chi connectivity index (χ3v) is 6.10. The van der Waals surface area contributed by atoms with Gasteiger partial charge in [-0.05, 0) is 37.8 Å². The Labute approximate surface area is 135 Å². The van der Waals surface area contributed by atoms with Crippen LogP contribution < -0.4 is 0 Å². The van der Waals surface area contributed by atoms with Crippen molar-refractivity contribution in [2.45, 2.75) is 57.7 Å². The zero-order valence-electron chi connectivity index (χ0n) is 13.6. The number of carbonyl (C=O) groups excluding carboxylic acids is 2. The lowest BCUT2D eigenvalue weighted by molar-refractivity contribution is -0.137. The SMILES string of the molecule is CC(=O)N1C[C@@H]2C[C@@]3(C)[C@H](CCC[C@@H]13)N2C(=O)c1cccnn1. The zero-order chi connectivity index (χ0) is 16.2. The smallest absolute Gasteiger partial charge is 0.274 e. The number of likely N-dealkylation sites (tertiary alicyclic amines) is 2. The van der Waals surface area contributed by atoms with E-state index in [2.05, 4.69) is 17.1 Å². The highest BCUT2D eigenvalue weighted by atomic mass is 16.2. The molecule has 1 aromatic heterocycles. The molecule has 0 unspecified atom stereocenters. The van der Waals surface area contributed by atoms with Crippen LogP contribution in [0.5, 0.6) is 0 Å². The Kier molecular flexibility index (Phi) is 3.18. The molecule has 3 fully saturated rings. The Balaban J connectivity index is 1.73. The van der Waals surface area contributed by atoms with Gasteiger partial charge in [0.1, 0.15) is 0 Å². The molecule has 23 heavy (non-hydrogen) atoms. The van der Waals surface area contributed by atoms with E-state index >= 15 is 0 Å². The Morgan fingerprint density at radius 1 is 1.30 bits per heavy atom. The number of carbonyl (C=O) groups is 2. The molecular formula is C17H22N4O2. The molecule has 2 aliphatic heterocycles. The van der Waals surface area contributed by atoms with E-state index in [-0.39, 0.29) is 35.4 Å². The standard InChI is InChI=1S/C17H22N4O2/c1-11(22)20-10-12-9-17(2)14(20)6-3-7-15(17)21(12)16(23)13-5-4-8-18-19-13/h4-5,8,12,14-15H,3,6-7,9-10H2,1-2H3/t12-,14+,15-,17+/m0/s1. The summed E-state index contributed by atoms with van der Waals surface area (Å²) in [5.41, 5.74) is 0.408. The molecule has 1 aliphatic carbocycles. The minimum Gasteiger partial charge on any atom is -0.337 e. The number of amides is 2. The van der Waals surface area contributed by atoms with Gasteiger partial charge in [-0.1, -0.05) is 6.92 Å². The maximum Gasteiger partial charge on any atom is 0.274 e. The van der Waals surface area contributed by atoms with E-state index in [1.165, 1.54) is 0 Å². The molecule has 0 aromatic carbocycles. The minimum atomic E-state index is -0.0390. The second kappa shape index (κ2) is 5.01. The zero-order valence-corrected chi connectivity index (χ0v) is 13.6. The Morgan fingerprint density at radius 3 is 2.78 bits per heavy atom. The highest BCUT2D eigenvalue weighted by molar-refractivity contribution is 5.93. The van der Waals surface area contributed by atoms with Gasteiger partial charge in [-0.15, -0.1) is 5.10 Å². The summed E-state index contributed by atoms with van der Waals surface area (Å²) < 4.78 is 0. The number of hydrogen-bond donors (Lipinski definition) is 0. The Bertz CT molecular complexity index is 649. The number of hydrogen-bond acceptors (Lipinski definition) is 4. The lowest BCUT2D eigenvalue weighted by atomic mass is 9.66. The van der Waals surface area contributed by atoms with Gasteiger partial charge in [-0.3, -0.25) is 9.59 Å². The van der Waals surface area contributed by atoms with Crippen molar-refractivity contribution in [3.05, 3.63) is 24.0 Å². The molecule has 0 spiro atoms. The van der Waals surface area contributed by atoms with Crippen LogP contribution in [0.2, 0.25) is 0 Å². The first-order valence-electron chi connectivity index (χ1n) is 8.40. The Morgan fingerprint density at radius 2 is 2.09 bits per heavy atom. The molecule has 1 aromatic rings. The highest BCUT2D eigenvalue weighted by Gasteiger charge is 2.61. The van der Waals surface area contributed by atoms with E-state index in [1.54, 1.807) is 25.3 Å². The van der Waals surface area contributed by atoms with Crippen LogP contribution in [-0.4, -0.2) is 56.5 Å². The number of rotatable bonds is 1. The van der Waals surface area contributed by atoms with Gasteiger partial charge in [0.05, 0.1) is 6.04 Å². The molecule has 3 heterocycles. The van der Waals surface area contributed by atoms with E-state index < -0.39 is 0 Å². The molecule has 1 saturated carbocycles. The first kappa shape index (κ1) is 14.6. The van der Waals surface area contributed by atoms with Crippen molar-refractivity contribution in [3.63, 3.8) is 0 Å². The topological polar surface area (TPSA) is 66.4 Å². The van der Waals surface area contributed by atoms with E-state index in [1.807, 2.05) is 9.80 Å². The van der Waals surface area contributed by atoms with Gasteiger partial charge in [0.2, 0.25) is 5.91 Å². The van der Waals surface area contributed by atoms with Crippen LogP contribution in [-0.2, 0) is 4.79 Å². The summed E-state index contributed by atoms with van der Waals surface area (Å²) >= 11 is 0. The quantitative estimate of drug-likeness (QED) is 0.787. The van der Waals surface area contributed by atoms with Crippen LogP contribution in [0.15, 0.2) is 18.3 Å². The summed E-state index contributed by atoms with van der Waals surface area (Å²) in [6.07, 6.45) is 5.69. The summed E-state index contributed by atoms with van der Waals surface area (Å²) in [5, 5.41) is 7.84. The fraction of sp³-hybridized carbons (Fsp3) is 0.647. The van der Waals surface area contributed by atoms with Gasteiger partial charge < -0.3 is 9.80 Å². The van der Waals surface area contributed by atoms with Crippen molar-refractivity contribution in [2.24, 2.45) is 5.41 Å². The second-order valence-corrected chi connectivity index (χ2v) is 7.32. The first-order chi connectivity index (χ1) is 11.0. The van der Waals surface area contributed by atoms with Gasteiger partial charge in [-0.25, -0.2) is 0 Å². The van der Waals surface area contributed by atoms with Gasteiger partial charge >= 0.3 is 0 Å². The molecule has 0 radical (unpaired) electrons.